The fourth-order valence-electron chi connectivity index (χ4n) is 2.33. The number of ether oxygens (including phenoxy) is 2. The Kier molecular flexibility index (Phi) is 4.49. The molecule has 0 amide bonds. The van der Waals surface area contributed by atoms with E-state index in [1.807, 2.05) is 18.2 Å². The van der Waals surface area contributed by atoms with Gasteiger partial charge in [-0.05, 0) is 31.9 Å². The van der Waals surface area contributed by atoms with E-state index < -0.39 is 0 Å². The van der Waals surface area contributed by atoms with Crippen LogP contribution in [-0.2, 0) is 11.3 Å². The lowest BCUT2D eigenvalue weighted by Gasteiger charge is -2.24. The molecule has 100 valence electrons. The Hall–Kier alpha value is -0.770. The number of methoxy groups -OCH3 is 1. The van der Waals surface area contributed by atoms with Crippen molar-refractivity contribution in [1.82, 2.24) is 5.32 Å². The van der Waals surface area contributed by atoms with E-state index in [1.165, 1.54) is 0 Å². The molecule has 1 unspecified atom stereocenters. The fourth-order valence-corrected chi connectivity index (χ4v) is 2.56. The van der Waals surface area contributed by atoms with Crippen LogP contribution in [-0.4, -0.2) is 25.9 Å². The molecule has 1 aromatic rings. The monoisotopic (exact) mass is 269 g/mol. The van der Waals surface area contributed by atoms with E-state index >= 15 is 0 Å². The summed E-state index contributed by atoms with van der Waals surface area (Å²) >= 11 is 6.19. The van der Waals surface area contributed by atoms with Crippen LogP contribution in [0.5, 0.6) is 5.75 Å². The second-order valence-corrected chi connectivity index (χ2v) is 5.33. The highest BCUT2D eigenvalue weighted by atomic mass is 35.5. The molecule has 1 aromatic carbocycles. The van der Waals surface area contributed by atoms with Gasteiger partial charge in [-0.15, -0.1) is 0 Å². The predicted molar refractivity (Wildman–Crippen MR) is 73.3 cm³/mol. The van der Waals surface area contributed by atoms with Crippen LogP contribution < -0.4 is 10.1 Å². The molecule has 1 heterocycles. The lowest BCUT2D eigenvalue weighted by Crippen LogP contribution is -2.36. The highest BCUT2D eigenvalue weighted by molar-refractivity contribution is 6.31. The van der Waals surface area contributed by atoms with Crippen LogP contribution in [0.1, 0.15) is 25.3 Å². The third-order valence-corrected chi connectivity index (χ3v) is 3.75. The van der Waals surface area contributed by atoms with Crippen molar-refractivity contribution in [3.05, 3.63) is 28.8 Å². The van der Waals surface area contributed by atoms with Crippen molar-refractivity contribution < 1.29 is 9.47 Å². The molecule has 2 rings (SSSR count). The summed E-state index contributed by atoms with van der Waals surface area (Å²) in [6, 6.07) is 5.71. The van der Waals surface area contributed by atoms with Crippen molar-refractivity contribution in [1.29, 1.82) is 0 Å². The van der Waals surface area contributed by atoms with Crippen molar-refractivity contribution >= 4 is 11.6 Å². The van der Waals surface area contributed by atoms with Crippen molar-refractivity contribution in [2.45, 2.75) is 31.9 Å². The van der Waals surface area contributed by atoms with Gasteiger partial charge in [0.25, 0.3) is 0 Å². The first-order valence-electron chi connectivity index (χ1n) is 6.31. The molecular weight excluding hydrogens is 250 g/mol. The topological polar surface area (TPSA) is 30.5 Å². The summed E-state index contributed by atoms with van der Waals surface area (Å²) in [5.41, 5.74) is 0.970. The average Bonchev–Trinajstić information content (AvgIpc) is 2.78. The van der Waals surface area contributed by atoms with E-state index in [0.717, 1.165) is 42.3 Å². The van der Waals surface area contributed by atoms with Crippen LogP contribution in [0.4, 0.5) is 0 Å². The van der Waals surface area contributed by atoms with Crippen LogP contribution in [0.3, 0.4) is 0 Å². The zero-order chi connectivity index (χ0) is 13.0. The molecule has 4 heteroatoms. The molecule has 1 N–H and O–H groups in total. The first-order valence-corrected chi connectivity index (χ1v) is 6.68. The summed E-state index contributed by atoms with van der Waals surface area (Å²) < 4.78 is 11.1. The maximum Gasteiger partial charge on any atom is 0.124 e. The van der Waals surface area contributed by atoms with Crippen molar-refractivity contribution in [3.63, 3.8) is 0 Å². The second kappa shape index (κ2) is 5.91. The third-order valence-electron chi connectivity index (χ3n) is 3.40. The van der Waals surface area contributed by atoms with Crippen LogP contribution in [0.15, 0.2) is 18.2 Å². The van der Waals surface area contributed by atoms with Gasteiger partial charge in [0.1, 0.15) is 5.75 Å². The summed E-state index contributed by atoms with van der Waals surface area (Å²) in [5, 5.41) is 4.15. The van der Waals surface area contributed by atoms with E-state index in [2.05, 4.69) is 12.2 Å². The van der Waals surface area contributed by atoms with Crippen LogP contribution in [0.25, 0.3) is 0 Å². The zero-order valence-corrected chi connectivity index (χ0v) is 11.7. The van der Waals surface area contributed by atoms with Gasteiger partial charge in [0, 0.05) is 30.3 Å². The minimum absolute atomic E-state index is 0.0332. The lowest BCUT2D eigenvalue weighted by molar-refractivity contribution is 0.0206. The normalized spacial score (nSPS) is 23.3. The number of rotatable bonds is 5. The molecule has 18 heavy (non-hydrogen) atoms. The maximum atomic E-state index is 6.19. The Bertz CT molecular complexity index is 403. The van der Waals surface area contributed by atoms with Gasteiger partial charge in [0.2, 0.25) is 0 Å². The molecule has 1 fully saturated rings. The van der Waals surface area contributed by atoms with Crippen molar-refractivity contribution in [2.24, 2.45) is 0 Å². The Morgan fingerprint density at radius 2 is 2.33 bits per heavy atom. The molecule has 0 spiro atoms. The Balaban J connectivity index is 1.94. The van der Waals surface area contributed by atoms with Gasteiger partial charge in [-0.1, -0.05) is 17.7 Å². The van der Waals surface area contributed by atoms with Gasteiger partial charge in [-0.25, -0.2) is 0 Å². The predicted octanol–water partition coefficient (Wildman–Crippen LogP) is 3.01. The molecule has 1 atom stereocenters. The molecule has 1 saturated heterocycles. The summed E-state index contributed by atoms with van der Waals surface area (Å²) in [4.78, 5) is 0. The standard InChI is InChI=1S/C14H20ClNO2/c1-14(7-4-8-18-14)10-16-9-11-12(15)5-3-6-13(11)17-2/h3,5-6,16H,4,7-10H2,1-2H3. The number of halogens is 1. The van der Waals surface area contributed by atoms with Crippen LogP contribution in [0, 0.1) is 0 Å². The number of hydrogen-bond donors (Lipinski definition) is 1. The number of hydrogen-bond acceptors (Lipinski definition) is 3. The Labute approximate surface area is 113 Å². The molecular formula is C14H20ClNO2. The summed E-state index contributed by atoms with van der Waals surface area (Å²) in [6.07, 6.45) is 2.26. The fraction of sp³-hybridized carbons (Fsp3) is 0.571. The summed E-state index contributed by atoms with van der Waals surface area (Å²) in [6.45, 7) is 4.55. The summed E-state index contributed by atoms with van der Waals surface area (Å²) in [5.74, 6) is 0.826. The Morgan fingerprint density at radius 3 is 3.00 bits per heavy atom. The largest absolute Gasteiger partial charge is 0.496 e. The van der Waals surface area contributed by atoms with Gasteiger partial charge >= 0.3 is 0 Å². The molecule has 1 aliphatic heterocycles. The zero-order valence-electron chi connectivity index (χ0n) is 11.0. The highest BCUT2D eigenvalue weighted by Gasteiger charge is 2.29. The molecule has 0 saturated carbocycles. The van der Waals surface area contributed by atoms with Gasteiger partial charge in [0.15, 0.2) is 0 Å². The molecule has 0 radical (unpaired) electrons. The minimum atomic E-state index is -0.0332. The number of benzene rings is 1. The maximum absolute atomic E-state index is 6.19. The SMILES string of the molecule is COc1cccc(Cl)c1CNCC1(C)CCCO1. The van der Waals surface area contributed by atoms with Crippen LogP contribution >= 0.6 is 11.6 Å². The molecule has 3 nitrogen and oxygen atoms in total. The lowest BCUT2D eigenvalue weighted by atomic mass is 10.0. The molecule has 0 bridgehead atoms. The van der Waals surface area contributed by atoms with E-state index in [-0.39, 0.29) is 5.60 Å². The minimum Gasteiger partial charge on any atom is -0.496 e. The van der Waals surface area contributed by atoms with Gasteiger partial charge in [-0.2, -0.15) is 0 Å². The van der Waals surface area contributed by atoms with E-state index in [9.17, 15) is 0 Å². The van der Waals surface area contributed by atoms with Gasteiger partial charge in [0.05, 0.1) is 12.7 Å². The summed E-state index contributed by atoms with van der Waals surface area (Å²) in [7, 11) is 1.66. The highest BCUT2D eigenvalue weighted by Crippen LogP contribution is 2.27. The molecule has 1 aliphatic rings. The average molecular weight is 270 g/mol. The van der Waals surface area contributed by atoms with E-state index in [1.54, 1.807) is 7.11 Å². The van der Waals surface area contributed by atoms with Gasteiger partial charge < -0.3 is 14.8 Å². The second-order valence-electron chi connectivity index (χ2n) is 4.93. The van der Waals surface area contributed by atoms with Crippen molar-refractivity contribution in [3.8, 4) is 5.75 Å². The third kappa shape index (κ3) is 3.16. The molecule has 0 aromatic heterocycles. The van der Waals surface area contributed by atoms with E-state index in [4.69, 9.17) is 21.1 Å². The molecule has 0 aliphatic carbocycles. The smallest absolute Gasteiger partial charge is 0.124 e. The quantitative estimate of drug-likeness (QED) is 0.891. The Morgan fingerprint density at radius 1 is 1.50 bits per heavy atom. The van der Waals surface area contributed by atoms with Crippen molar-refractivity contribution in [2.75, 3.05) is 20.3 Å². The first-order chi connectivity index (χ1) is 8.64. The first kappa shape index (κ1) is 13.7. The van der Waals surface area contributed by atoms with E-state index in [0.29, 0.717) is 6.54 Å². The van der Waals surface area contributed by atoms with Crippen LogP contribution in [0.2, 0.25) is 5.02 Å². The van der Waals surface area contributed by atoms with Gasteiger partial charge in [-0.3, -0.25) is 0 Å². The number of nitrogens with one attached hydrogen (secondary N) is 1.